The third-order valence-corrected chi connectivity index (χ3v) is 4.58. The van der Waals surface area contributed by atoms with Gasteiger partial charge >= 0.3 is 6.09 Å². The standard InChI is InChI=1S/C22H30Cl4N2O5/c1-15(28-33-21(29)27-22(2,3)4)14-30-9-6-5-7-10-32-20-17(23)12-16(13-18(20)24)31-11-8-19(25)26/h8,12-13H,5-7,9-11,14H2,1-4H3,(H,27,29). The number of carbonyl (C=O) groups is 1. The van der Waals surface area contributed by atoms with E-state index in [1.54, 1.807) is 19.1 Å². The molecule has 0 fully saturated rings. The molecule has 1 aromatic rings. The summed E-state index contributed by atoms with van der Waals surface area (Å²) < 4.78 is 16.8. The van der Waals surface area contributed by atoms with Crippen LogP contribution in [0.15, 0.2) is 27.9 Å². The van der Waals surface area contributed by atoms with Crippen molar-refractivity contribution in [2.24, 2.45) is 5.16 Å². The SMILES string of the molecule is CC(COCCCCCOc1c(Cl)cc(OCC=C(Cl)Cl)cc1Cl)=NOC(=O)NC(C)(C)C. The van der Waals surface area contributed by atoms with Crippen LogP contribution in [-0.2, 0) is 9.57 Å². The van der Waals surface area contributed by atoms with Crippen LogP contribution in [0.3, 0.4) is 0 Å². The number of hydrogen-bond donors (Lipinski definition) is 1. The number of carbonyl (C=O) groups excluding carboxylic acids is 1. The van der Waals surface area contributed by atoms with E-state index in [1.165, 1.54) is 6.08 Å². The molecule has 0 aliphatic carbocycles. The maximum absolute atomic E-state index is 11.5. The van der Waals surface area contributed by atoms with E-state index in [4.69, 9.17) is 65.5 Å². The summed E-state index contributed by atoms with van der Waals surface area (Å²) >= 11 is 23.6. The lowest BCUT2D eigenvalue weighted by Gasteiger charge is -2.18. The third kappa shape index (κ3) is 14.5. The molecule has 0 bridgehead atoms. The highest BCUT2D eigenvalue weighted by Gasteiger charge is 2.14. The summed E-state index contributed by atoms with van der Waals surface area (Å²) in [5, 5.41) is 7.11. The molecular weight excluding hydrogens is 514 g/mol. The van der Waals surface area contributed by atoms with Gasteiger partial charge in [0, 0.05) is 24.3 Å². The van der Waals surface area contributed by atoms with Gasteiger partial charge in [0.25, 0.3) is 0 Å². The van der Waals surface area contributed by atoms with Gasteiger partial charge < -0.3 is 19.5 Å². The van der Waals surface area contributed by atoms with Crippen molar-refractivity contribution in [1.29, 1.82) is 0 Å². The van der Waals surface area contributed by atoms with Gasteiger partial charge in [-0.15, -0.1) is 0 Å². The molecule has 0 heterocycles. The zero-order valence-corrected chi connectivity index (χ0v) is 22.2. The average molecular weight is 544 g/mol. The van der Waals surface area contributed by atoms with Gasteiger partial charge in [-0.2, -0.15) is 0 Å². The summed E-state index contributed by atoms with van der Waals surface area (Å²) in [5.41, 5.74) is 0.188. The molecule has 1 N–H and O–H groups in total. The molecule has 0 saturated heterocycles. The topological polar surface area (TPSA) is 78.4 Å². The molecule has 0 radical (unpaired) electrons. The number of benzene rings is 1. The second kappa shape index (κ2) is 15.5. The molecular formula is C22H30Cl4N2O5. The Balaban J connectivity index is 2.22. The van der Waals surface area contributed by atoms with Crippen LogP contribution in [0.2, 0.25) is 10.0 Å². The van der Waals surface area contributed by atoms with Crippen LogP contribution >= 0.6 is 46.4 Å². The number of hydrogen-bond acceptors (Lipinski definition) is 6. The Labute approximate surface area is 215 Å². The van der Waals surface area contributed by atoms with Crippen molar-refractivity contribution < 1.29 is 23.8 Å². The highest BCUT2D eigenvalue weighted by Crippen LogP contribution is 2.37. The van der Waals surface area contributed by atoms with E-state index in [0.717, 1.165) is 19.3 Å². The van der Waals surface area contributed by atoms with E-state index in [1.807, 2.05) is 20.8 Å². The van der Waals surface area contributed by atoms with Crippen LogP contribution in [-0.4, -0.2) is 43.8 Å². The Hall–Kier alpha value is -1.38. The quantitative estimate of drug-likeness (QED) is 0.123. The van der Waals surface area contributed by atoms with Crippen molar-refractivity contribution in [3.8, 4) is 11.5 Å². The molecule has 7 nitrogen and oxygen atoms in total. The van der Waals surface area contributed by atoms with E-state index in [0.29, 0.717) is 40.5 Å². The minimum Gasteiger partial charge on any atom is -0.490 e. The zero-order chi connectivity index (χ0) is 24.9. The highest BCUT2D eigenvalue weighted by molar-refractivity contribution is 6.55. The van der Waals surface area contributed by atoms with Crippen molar-refractivity contribution in [3.63, 3.8) is 0 Å². The smallest absolute Gasteiger partial charge is 0.433 e. The summed E-state index contributed by atoms with van der Waals surface area (Å²) in [4.78, 5) is 16.3. The first kappa shape index (κ1) is 29.7. The molecule has 1 rings (SSSR count). The fourth-order valence-electron chi connectivity index (χ4n) is 2.31. The first-order valence-corrected chi connectivity index (χ1v) is 11.9. The minimum absolute atomic E-state index is 0.121. The van der Waals surface area contributed by atoms with Crippen molar-refractivity contribution >= 4 is 58.2 Å². The normalized spacial score (nSPS) is 11.7. The molecule has 33 heavy (non-hydrogen) atoms. The fraction of sp³-hybridized carbons (Fsp3) is 0.545. The van der Waals surface area contributed by atoms with Crippen LogP contribution < -0.4 is 14.8 Å². The number of halogens is 4. The lowest BCUT2D eigenvalue weighted by atomic mass is 10.1. The molecule has 0 spiro atoms. The lowest BCUT2D eigenvalue weighted by molar-refractivity contribution is 0.136. The van der Waals surface area contributed by atoms with E-state index in [2.05, 4.69) is 10.5 Å². The van der Waals surface area contributed by atoms with Gasteiger partial charge in [-0.05, 0) is 53.0 Å². The zero-order valence-electron chi connectivity index (χ0n) is 19.2. The number of ether oxygens (including phenoxy) is 3. The van der Waals surface area contributed by atoms with Gasteiger partial charge in [-0.1, -0.05) is 51.6 Å². The van der Waals surface area contributed by atoms with Gasteiger partial charge in [0.1, 0.15) is 16.8 Å². The number of amides is 1. The summed E-state index contributed by atoms with van der Waals surface area (Å²) in [6.45, 7) is 8.78. The predicted molar refractivity (Wildman–Crippen MR) is 134 cm³/mol. The molecule has 186 valence electrons. The van der Waals surface area contributed by atoms with Gasteiger partial charge in [0.2, 0.25) is 0 Å². The number of nitrogens with one attached hydrogen (secondary N) is 1. The number of nitrogens with zero attached hydrogens (tertiary/aromatic N) is 1. The van der Waals surface area contributed by atoms with Gasteiger partial charge in [0.15, 0.2) is 5.75 Å². The van der Waals surface area contributed by atoms with E-state index in [9.17, 15) is 4.79 Å². The van der Waals surface area contributed by atoms with Crippen LogP contribution in [0.5, 0.6) is 11.5 Å². The Morgan fingerprint density at radius 1 is 1.06 bits per heavy atom. The first-order chi connectivity index (χ1) is 15.5. The number of rotatable bonds is 13. The number of unbranched alkanes of at least 4 members (excludes halogenated alkanes) is 2. The maximum atomic E-state index is 11.5. The fourth-order valence-corrected chi connectivity index (χ4v) is 3.01. The summed E-state index contributed by atoms with van der Waals surface area (Å²) in [6, 6.07) is 3.24. The second-order valence-corrected chi connectivity index (χ2v) is 9.89. The third-order valence-electron chi connectivity index (χ3n) is 3.71. The largest absolute Gasteiger partial charge is 0.490 e. The molecule has 11 heteroatoms. The highest BCUT2D eigenvalue weighted by atomic mass is 35.5. The lowest BCUT2D eigenvalue weighted by Crippen LogP contribution is -2.40. The molecule has 0 aromatic heterocycles. The molecule has 0 aliphatic rings. The minimum atomic E-state index is -0.599. The molecule has 0 aliphatic heterocycles. The van der Waals surface area contributed by atoms with Crippen molar-refractivity contribution in [1.82, 2.24) is 5.32 Å². The van der Waals surface area contributed by atoms with Crippen LogP contribution in [0.25, 0.3) is 0 Å². The van der Waals surface area contributed by atoms with Crippen LogP contribution in [0.1, 0.15) is 47.0 Å². The predicted octanol–water partition coefficient (Wildman–Crippen LogP) is 7.16. The van der Waals surface area contributed by atoms with E-state index < -0.39 is 6.09 Å². The van der Waals surface area contributed by atoms with Crippen molar-refractivity contribution in [2.45, 2.75) is 52.5 Å². The summed E-state index contributed by atoms with van der Waals surface area (Å²) in [7, 11) is 0. The van der Waals surface area contributed by atoms with E-state index >= 15 is 0 Å². The van der Waals surface area contributed by atoms with Gasteiger partial charge in [-0.3, -0.25) is 4.84 Å². The molecule has 1 aromatic carbocycles. The Morgan fingerprint density at radius 3 is 2.30 bits per heavy atom. The molecule has 1 amide bonds. The Morgan fingerprint density at radius 2 is 1.70 bits per heavy atom. The summed E-state index contributed by atoms with van der Waals surface area (Å²) in [6.07, 6.45) is 3.44. The molecule has 0 saturated carbocycles. The first-order valence-electron chi connectivity index (χ1n) is 10.3. The van der Waals surface area contributed by atoms with Crippen molar-refractivity contribution in [3.05, 3.63) is 32.7 Å². The Bertz CT molecular complexity index is 798. The molecule has 0 atom stereocenters. The van der Waals surface area contributed by atoms with Crippen molar-refractivity contribution in [2.75, 3.05) is 26.4 Å². The molecule has 0 unspecified atom stereocenters. The summed E-state index contributed by atoms with van der Waals surface area (Å²) in [5.74, 6) is 0.898. The monoisotopic (exact) mass is 542 g/mol. The maximum Gasteiger partial charge on any atom is 0.433 e. The average Bonchev–Trinajstić information content (AvgIpc) is 2.68. The van der Waals surface area contributed by atoms with Crippen LogP contribution in [0.4, 0.5) is 4.79 Å². The number of oxime groups is 1. The Kier molecular flexibility index (Phi) is 13.9. The van der Waals surface area contributed by atoms with Crippen LogP contribution in [0, 0.1) is 0 Å². The van der Waals surface area contributed by atoms with Gasteiger partial charge in [0.05, 0.1) is 29.0 Å². The van der Waals surface area contributed by atoms with Gasteiger partial charge in [-0.25, -0.2) is 4.79 Å². The second-order valence-electron chi connectivity index (χ2n) is 8.06. The van der Waals surface area contributed by atoms with E-state index in [-0.39, 0.29) is 23.2 Å².